The summed E-state index contributed by atoms with van der Waals surface area (Å²) >= 11 is 6.12. The number of aromatic nitrogens is 2. The second-order valence-corrected chi connectivity index (χ2v) is 12.7. The second kappa shape index (κ2) is 7.34. The number of nitrogens with one attached hydrogen (secondary N) is 1. The van der Waals surface area contributed by atoms with Gasteiger partial charge in [-0.2, -0.15) is 5.26 Å². The van der Waals surface area contributed by atoms with E-state index in [-0.39, 0.29) is 0 Å². The molecule has 0 spiro atoms. The van der Waals surface area contributed by atoms with E-state index >= 15 is 0 Å². The molecule has 0 radical (unpaired) electrons. The van der Waals surface area contributed by atoms with Crippen molar-refractivity contribution in [3.05, 3.63) is 23.0 Å². The number of ether oxygens (including phenoxy) is 1. The number of nitrogens with zero attached hydrogens (tertiary/aromatic N) is 3. The van der Waals surface area contributed by atoms with Crippen LogP contribution in [-0.4, -0.2) is 30.8 Å². The van der Waals surface area contributed by atoms with Gasteiger partial charge >= 0.3 is 0 Å². The highest BCUT2D eigenvalue weighted by atomic mass is 35.5. The van der Waals surface area contributed by atoms with E-state index < -0.39 is 8.07 Å². The van der Waals surface area contributed by atoms with E-state index in [1.165, 1.54) is 0 Å². The molecular formula is C16H23ClN4OSi. The van der Waals surface area contributed by atoms with Crippen molar-refractivity contribution >= 4 is 36.4 Å². The van der Waals surface area contributed by atoms with Gasteiger partial charge in [0.25, 0.3) is 0 Å². The highest BCUT2D eigenvalue weighted by Crippen LogP contribution is 2.30. The third-order valence-corrected chi connectivity index (χ3v) is 5.41. The Morgan fingerprint density at radius 1 is 1.43 bits per heavy atom. The van der Waals surface area contributed by atoms with Gasteiger partial charge in [0.15, 0.2) is 0 Å². The van der Waals surface area contributed by atoms with Crippen molar-refractivity contribution in [3.63, 3.8) is 0 Å². The number of rotatable bonds is 7. The van der Waals surface area contributed by atoms with E-state index in [0.717, 1.165) is 30.3 Å². The number of anilines is 1. The van der Waals surface area contributed by atoms with Crippen molar-refractivity contribution in [1.82, 2.24) is 9.55 Å². The number of hydrogen-bond donors (Lipinski definition) is 1. The summed E-state index contributed by atoms with van der Waals surface area (Å²) in [4.78, 5) is 4.38. The van der Waals surface area contributed by atoms with Crippen LogP contribution in [0.4, 0.5) is 5.69 Å². The van der Waals surface area contributed by atoms with Crippen molar-refractivity contribution in [1.29, 1.82) is 5.26 Å². The van der Waals surface area contributed by atoms with Gasteiger partial charge in [0.2, 0.25) is 0 Å². The predicted molar refractivity (Wildman–Crippen MR) is 97.7 cm³/mol. The monoisotopic (exact) mass is 350 g/mol. The van der Waals surface area contributed by atoms with Crippen LogP contribution < -0.4 is 5.32 Å². The topological polar surface area (TPSA) is 62.9 Å². The molecule has 2 aromatic heterocycles. The van der Waals surface area contributed by atoms with Crippen molar-refractivity contribution in [2.75, 3.05) is 18.5 Å². The van der Waals surface area contributed by atoms with E-state index in [9.17, 15) is 5.26 Å². The van der Waals surface area contributed by atoms with Gasteiger partial charge < -0.3 is 14.6 Å². The summed E-state index contributed by atoms with van der Waals surface area (Å²) in [6, 6.07) is 5.09. The third kappa shape index (κ3) is 4.47. The molecule has 2 heterocycles. The molecule has 2 rings (SSSR count). The Labute approximate surface area is 143 Å². The maximum absolute atomic E-state index is 9.40. The summed E-state index contributed by atoms with van der Waals surface area (Å²) in [5.74, 6) is 0. The Kier molecular flexibility index (Phi) is 5.68. The summed E-state index contributed by atoms with van der Waals surface area (Å²) in [6.07, 6.45) is 1.78. The van der Waals surface area contributed by atoms with Gasteiger partial charge in [0.1, 0.15) is 23.6 Å². The van der Waals surface area contributed by atoms with Crippen molar-refractivity contribution in [3.8, 4) is 6.07 Å². The van der Waals surface area contributed by atoms with Gasteiger partial charge in [-0.25, -0.2) is 4.98 Å². The summed E-state index contributed by atoms with van der Waals surface area (Å²) < 4.78 is 7.64. The van der Waals surface area contributed by atoms with Gasteiger partial charge in [-0.15, -0.1) is 0 Å². The van der Waals surface area contributed by atoms with Gasteiger partial charge in [-0.05, 0) is 19.0 Å². The highest BCUT2D eigenvalue weighted by molar-refractivity contribution is 6.76. The molecule has 124 valence electrons. The minimum Gasteiger partial charge on any atom is -0.385 e. The first-order chi connectivity index (χ1) is 10.9. The van der Waals surface area contributed by atoms with Crippen LogP contribution in [0.1, 0.15) is 12.5 Å². The quantitative estimate of drug-likeness (QED) is 0.459. The lowest BCUT2D eigenvalue weighted by Gasteiger charge is -2.15. The average molecular weight is 351 g/mol. The van der Waals surface area contributed by atoms with Crippen LogP contribution in [0.2, 0.25) is 30.8 Å². The molecule has 2 aromatic rings. The number of nitriles is 1. The Balaban J connectivity index is 2.29. The molecule has 0 saturated carbocycles. The lowest BCUT2D eigenvalue weighted by molar-refractivity contribution is 0.0898. The normalized spacial score (nSPS) is 11.7. The summed E-state index contributed by atoms with van der Waals surface area (Å²) in [5.41, 5.74) is 2.09. The van der Waals surface area contributed by atoms with E-state index in [1.54, 1.807) is 12.3 Å². The first kappa shape index (κ1) is 17.8. The molecule has 0 saturated heterocycles. The smallest absolute Gasteiger partial charge is 0.147 e. The molecule has 0 bridgehead atoms. The summed E-state index contributed by atoms with van der Waals surface area (Å²) in [5, 5.41) is 13.8. The zero-order valence-corrected chi connectivity index (χ0v) is 15.9. The van der Waals surface area contributed by atoms with Crippen molar-refractivity contribution in [2.24, 2.45) is 0 Å². The van der Waals surface area contributed by atoms with Crippen LogP contribution in [0.3, 0.4) is 0 Å². The Bertz CT molecular complexity index is 730. The molecule has 0 fully saturated rings. The van der Waals surface area contributed by atoms with E-state index in [2.05, 4.69) is 36.0 Å². The molecular weight excluding hydrogens is 328 g/mol. The SMILES string of the molecule is CCNc1cc(Cl)nc2c1c(C#N)cn2COCC[Si](C)(C)C. The highest BCUT2D eigenvalue weighted by Gasteiger charge is 2.16. The van der Waals surface area contributed by atoms with Gasteiger partial charge in [0, 0.05) is 33.1 Å². The summed E-state index contributed by atoms with van der Waals surface area (Å²) in [6.45, 7) is 10.8. The molecule has 0 aliphatic heterocycles. The van der Waals surface area contributed by atoms with Crippen molar-refractivity contribution in [2.45, 2.75) is 39.3 Å². The van der Waals surface area contributed by atoms with Gasteiger partial charge in [-0.1, -0.05) is 31.2 Å². The Hall–Kier alpha value is -1.55. The Morgan fingerprint density at radius 3 is 2.78 bits per heavy atom. The lowest BCUT2D eigenvalue weighted by atomic mass is 10.2. The molecule has 0 aliphatic carbocycles. The van der Waals surface area contributed by atoms with Crippen molar-refractivity contribution < 1.29 is 4.74 Å². The molecule has 23 heavy (non-hydrogen) atoms. The fraction of sp³-hybridized carbons (Fsp3) is 0.500. The average Bonchev–Trinajstić information content (AvgIpc) is 2.81. The minimum absolute atomic E-state index is 0.377. The number of fused-ring (bicyclic) bond motifs is 1. The van der Waals surface area contributed by atoms with E-state index in [4.69, 9.17) is 16.3 Å². The fourth-order valence-corrected chi connectivity index (χ4v) is 3.26. The standard InChI is InChI=1S/C16H23ClN4OSi/c1-5-19-13-8-14(17)20-16-15(13)12(9-18)10-21(16)11-22-6-7-23(2,3)4/h8,10H,5-7,11H2,1-4H3,(H,19,20). The largest absolute Gasteiger partial charge is 0.385 e. The summed E-state index contributed by atoms with van der Waals surface area (Å²) in [7, 11) is -1.11. The molecule has 1 N–H and O–H groups in total. The van der Waals surface area contributed by atoms with E-state index in [0.29, 0.717) is 23.1 Å². The maximum atomic E-state index is 9.40. The number of hydrogen-bond acceptors (Lipinski definition) is 4. The van der Waals surface area contributed by atoms with Crippen LogP contribution in [0, 0.1) is 11.3 Å². The van der Waals surface area contributed by atoms with Gasteiger partial charge in [0.05, 0.1) is 10.9 Å². The van der Waals surface area contributed by atoms with Gasteiger partial charge in [-0.3, -0.25) is 0 Å². The molecule has 0 aromatic carbocycles. The molecule has 7 heteroatoms. The van der Waals surface area contributed by atoms with E-state index in [1.807, 2.05) is 11.5 Å². The van der Waals surface area contributed by atoms with Crippen LogP contribution in [-0.2, 0) is 11.5 Å². The fourth-order valence-electron chi connectivity index (χ4n) is 2.31. The van der Waals surface area contributed by atoms with Crippen LogP contribution in [0.15, 0.2) is 12.3 Å². The predicted octanol–water partition coefficient (Wildman–Crippen LogP) is 4.31. The zero-order valence-electron chi connectivity index (χ0n) is 14.1. The molecule has 0 unspecified atom stereocenters. The number of pyridine rings is 1. The molecule has 0 amide bonds. The third-order valence-electron chi connectivity index (χ3n) is 3.51. The minimum atomic E-state index is -1.11. The Morgan fingerprint density at radius 2 is 2.17 bits per heavy atom. The second-order valence-electron chi connectivity index (χ2n) is 6.69. The maximum Gasteiger partial charge on any atom is 0.147 e. The number of halogens is 1. The zero-order chi connectivity index (χ0) is 17.0. The van der Waals surface area contributed by atoms with Crippen LogP contribution >= 0.6 is 11.6 Å². The molecule has 0 atom stereocenters. The molecule has 0 aliphatic rings. The molecule has 5 nitrogen and oxygen atoms in total. The first-order valence-corrected chi connectivity index (χ1v) is 11.9. The van der Waals surface area contributed by atoms with Crippen LogP contribution in [0.25, 0.3) is 11.0 Å². The van der Waals surface area contributed by atoms with Crippen LogP contribution in [0.5, 0.6) is 0 Å². The first-order valence-electron chi connectivity index (χ1n) is 7.77. The lowest BCUT2D eigenvalue weighted by Crippen LogP contribution is -2.22.